The Bertz CT molecular complexity index is 1590. The highest BCUT2D eigenvalue weighted by atomic mass is 16.2. The minimum Gasteiger partial charge on any atom is -0.347 e. The zero-order valence-electron chi connectivity index (χ0n) is 32.4. The molecular formula is C40H59N7O6. The maximum absolute atomic E-state index is 15.0. The SMILES string of the molecule is CCCC(NC(=O)[C@@H]1C[C@]2(CN1C(=O)[C@@H](NC(=O)[C@@H](NC(=O)c1cnccn1)C1CCCCC1)C(C)(C)C)C(C)(C)C21CCC1)C(=O)C(=O)NC1CC1. The van der Waals surface area contributed by atoms with E-state index in [-0.39, 0.29) is 39.8 Å². The third-order valence-electron chi connectivity index (χ3n) is 13.6. The van der Waals surface area contributed by atoms with Crippen LogP contribution in [0.15, 0.2) is 18.6 Å². The number of ketones is 1. The average Bonchev–Trinajstić information content (AvgIpc) is 3.94. The molecule has 4 aliphatic carbocycles. The summed E-state index contributed by atoms with van der Waals surface area (Å²) in [5.41, 5.74) is -1.03. The summed E-state index contributed by atoms with van der Waals surface area (Å²) in [4.78, 5) is 92.9. The molecule has 0 aromatic carbocycles. The predicted octanol–water partition coefficient (Wildman–Crippen LogP) is 3.62. The molecule has 13 heteroatoms. The van der Waals surface area contributed by atoms with Gasteiger partial charge in [-0.3, -0.25) is 33.8 Å². The van der Waals surface area contributed by atoms with E-state index < -0.39 is 59.0 Å². The average molecular weight is 734 g/mol. The second-order valence-corrected chi connectivity index (χ2v) is 18.0. The lowest BCUT2D eigenvalue weighted by molar-refractivity contribution is -0.145. The zero-order chi connectivity index (χ0) is 38.3. The van der Waals surface area contributed by atoms with Gasteiger partial charge >= 0.3 is 0 Å². The fourth-order valence-electron chi connectivity index (χ4n) is 10.1. The highest BCUT2D eigenvalue weighted by Gasteiger charge is 2.85. The van der Waals surface area contributed by atoms with E-state index >= 15 is 4.79 Å². The van der Waals surface area contributed by atoms with Crippen LogP contribution in [-0.4, -0.2) is 86.9 Å². The van der Waals surface area contributed by atoms with Gasteiger partial charge in [-0.15, -0.1) is 0 Å². The quantitative estimate of drug-likeness (QED) is 0.222. The van der Waals surface area contributed by atoms with E-state index in [1.807, 2.05) is 27.7 Å². The topological polar surface area (TPSA) is 180 Å². The lowest BCUT2D eigenvalue weighted by Gasteiger charge is -2.38. The number of rotatable bonds is 13. The maximum atomic E-state index is 15.0. The molecule has 5 fully saturated rings. The molecular weight excluding hydrogens is 674 g/mol. The van der Waals surface area contributed by atoms with E-state index in [2.05, 4.69) is 45.1 Å². The van der Waals surface area contributed by atoms with Gasteiger partial charge in [0.2, 0.25) is 23.5 Å². The molecule has 5 aliphatic rings. The Morgan fingerprint density at radius 1 is 0.906 bits per heavy atom. The van der Waals surface area contributed by atoms with Crippen LogP contribution >= 0.6 is 0 Å². The van der Waals surface area contributed by atoms with Crippen molar-refractivity contribution in [3.05, 3.63) is 24.3 Å². The Balaban J connectivity index is 1.26. The van der Waals surface area contributed by atoms with E-state index in [0.717, 1.165) is 64.2 Å². The summed E-state index contributed by atoms with van der Waals surface area (Å²) < 4.78 is 0. The number of nitrogens with zero attached hydrogens (tertiary/aromatic N) is 3. The van der Waals surface area contributed by atoms with Gasteiger partial charge in [-0.05, 0) is 73.5 Å². The molecule has 0 bridgehead atoms. The van der Waals surface area contributed by atoms with Crippen LogP contribution in [0.1, 0.15) is 136 Å². The summed E-state index contributed by atoms with van der Waals surface area (Å²) >= 11 is 0. The number of carbonyl (C=O) groups is 6. The van der Waals surface area contributed by atoms with Crippen LogP contribution in [0, 0.1) is 27.6 Å². The molecule has 4 saturated carbocycles. The van der Waals surface area contributed by atoms with Crippen molar-refractivity contribution < 1.29 is 28.8 Å². The number of amides is 5. The van der Waals surface area contributed by atoms with Gasteiger partial charge in [-0.25, -0.2) is 4.98 Å². The van der Waals surface area contributed by atoms with Gasteiger partial charge < -0.3 is 26.2 Å². The van der Waals surface area contributed by atoms with Crippen LogP contribution in [0.3, 0.4) is 0 Å². The van der Waals surface area contributed by atoms with Crippen molar-refractivity contribution >= 4 is 35.3 Å². The van der Waals surface area contributed by atoms with Gasteiger partial charge in [-0.1, -0.05) is 73.6 Å². The minimum absolute atomic E-state index is 0.00517. The molecule has 2 heterocycles. The molecule has 1 unspecified atom stereocenters. The Morgan fingerprint density at radius 3 is 2.15 bits per heavy atom. The number of likely N-dealkylation sites (tertiary alicyclic amines) is 1. The van der Waals surface area contributed by atoms with Gasteiger partial charge in [0.05, 0.1) is 12.2 Å². The fourth-order valence-corrected chi connectivity index (χ4v) is 10.1. The van der Waals surface area contributed by atoms with E-state index in [0.29, 0.717) is 25.8 Å². The van der Waals surface area contributed by atoms with Gasteiger partial charge in [0.25, 0.3) is 11.8 Å². The summed E-state index contributed by atoms with van der Waals surface area (Å²) in [6.45, 7) is 12.4. The van der Waals surface area contributed by atoms with Crippen LogP contribution < -0.4 is 21.3 Å². The Kier molecular flexibility index (Phi) is 10.8. The second kappa shape index (κ2) is 14.7. The molecule has 1 aromatic rings. The number of fused-ring (bicyclic) bond motifs is 1. The number of nitrogens with one attached hydrogen (secondary N) is 4. The maximum Gasteiger partial charge on any atom is 0.289 e. The summed E-state index contributed by atoms with van der Waals surface area (Å²) in [5.74, 6) is -3.25. The second-order valence-electron chi connectivity index (χ2n) is 18.0. The van der Waals surface area contributed by atoms with Crippen molar-refractivity contribution in [3.8, 4) is 0 Å². The molecule has 1 aromatic heterocycles. The van der Waals surface area contributed by atoms with Crippen molar-refractivity contribution in [1.82, 2.24) is 36.1 Å². The van der Waals surface area contributed by atoms with Gasteiger partial charge in [0.1, 0.15) is 23.8 Å². The molecule has 13 nitrogen and oxygen atoms in total. The van der Waals surface area contributed by atoms with Crippen LogP contribution in [0.25, 0.3) is 0 Å². The highest BCUT2D eigenvalue weighted by molar-refractivity contribution is 6.38. The Morgan fingerprint density at radius 2 is 1.60 bits per heavy atom. The first kappa shape index (κ1) is 38.8. The highest BCUT2D eigenvalue weighted by Crippen LogP contribution is 2.88. The summed E-state index contributed by atoms with van der Waals surface area (Å²) in [6, 6.07) is -3.79. The molecule has 1 saturated heterocycles. The third-order valence-corrected chi connectivity index (χ3v) is 13.6. The van der Waals surface area contributed by atoms with Crippen LogP contribution in [0.2, 0.25) is 0 Å². The lowest BCUT2D eigenvalue weighted by atomic mass is 9.73. The van der Waals surface area contributed by atoms with Crippen molar-refractivity contribution in [2.24, 2.45) is 27.6 Å². The van der Waals surface area contributed by atoms with Crippen LogP contribution in [0.5, 0.6) is 0 Å². The molecule has 5 atom stereocenters. The monoisotopic (exact) mass is 733 g/mol. The van der Waals surface area contributed by atoms with Gasteiger partial charge in [-0.2, -0.15) is 0 Å². The van der Waals surface area contributed by atoms with Crippen molar-refractivity contribution in [3.63, 3.8) is 0 Å². The summed E-state index contributed by atoms with van der Waals surface area (Å²) in [5, 5.41) is 11.6. The van der Waals surface area contributed by atoms with Crippen molar-refractivity contribution in [2.45, 2.75) is 155 Å². The van der Waals surface area contributed by atoms with Crippen LogP contribution in [-0.2, 0) is 24.0 Å². The third kappa shape index (κ3) is 7.21. The minimum atomic E-state index is -1.02. The first-order valence-corrected chi connectivity index (χ1v) is 19.9. The molecule has 290 valence electrons. The Hall–Kier alpha value is -3.90. The number of Topliss-reactive ketones (excluding diaryl/α,β-unsaturated/α-hetero) is 1. The van der Waals surface area contributed by atoms with E-state index in [4.69, 9.17) is 0 Å². The standard InChI is InChI=1S/C40H59N7O6/c1-7-12-26(30(48)35(52)43-25-15-16-25)44-33(50)28-21-40(38(5,6)39(40)17-11-18-39)23-47(28)36(53)31(37(2,3)4)46-34(51)29(24-13-9-8-10-14-24)45-32(49)27-22-41-19-20-42-27/h19-20,22,24-26,28-29,31H,7-18,21,23H2,1-6H3,(H,43,52)(H,44,50)(H,45,49)(H,46,51)/t26?,28-,29-,31+,40-/m0/s1. The number of aromatic nitrogens is 2. The first-order valence-electron chi connectivity index (χ1n) is 19.9. The van der Waals surface area contributed by atoms with Gasteiger partial charge in [0.15, 0.2) is 0 Å². The summed E-state index contributed by atoms with van der Waals surface area (Å²) in [7, 11) is 0. The summed E-state index contributed by atoms with van der Waals surface area (Å²) in [6.07, 6.45) is 14.9. The van der Waals surface area contributed by atoms with Gasteiger partial charge in [0, 0.05) is 30.4 Å². The lowest BCUT2D eigenvalue weighted by Crippen LogP contribution is -2.62. The normalized spacial score (nSPS) is 26.2. The predicted molar refractivity (Wildman–Crippen MR) is 197 cm³/mol. The van der Waals surface area contributed by atoms with Crippen LogP contribution in [0.4, 0.5) is 0 Å². The Labute approximate surface area is 313 Å². The molecule has 0 radical (unpaired) electrons. The molecule has 5 amide bonds. The van der Waals surface area contributed by atoms with E-state index in [9.17, 15) is 24.0 Å². The number of carbonyl (C=O) groups excluding carboxylic acids is 6. The molecule has 53 heavy (non-hydrogen) atoms. The van der Waals surface area contributed by atoms with E-state index in [1.165, 1.54) is 18.6 Å². The first-order chi connectivity index (χ1) is 25.1. The fraction of sp³-hybridized carbons (Fsp3) is 0.750. The molecule has 2 spiro atoms. The molecule has 4 N–H and O–H groups in total. The largest absolute Gasteiger partial charge is 0.347 e. The van der Waals surface area contributed by atoms with Crippen molar-refractivity contribution in [2.75, 3.05) is 6.54 Å². The van der Waals surface area contributed by atoms with Crippen molar-refractivity contribution in [1.29, 1.82) is 0 Å². The van der Waals surface area contributed by atoms with E-state index in [1.54, 1.807) is 4.90 Å². The molecule has 1 aliphatic heterocycles. The zero-order valence-corrected chi connectivity index (χ0v) is 32.4. The smallest absolute Gasteiger partial charge is 0.289 e. The number of hydrogen-bond acceptors (Lipinski definition) is 8. The number of hydrogen-bond donors (Lipinski definition) is 4. The molecule has 6 rings (SSSR count).